The number of nitrogens with zero attached hydrogens (tertiary/aromatic N) is 1. The second-order valence-electron chi connectivity index (χ2n) is 8.42. The number of aryl methyl sites for hydroxylation is 2. The largest absolute Gasteiger partial charge is 0.352 e. The normalized spacial score (nSPS) is 15.4. The molecule has 33 heavy (non-hydrogen) atoms. The first-order chi connectivity index (χ1) is 15.9. The van der Waals surface area contributed by atoms with Crippen molar-refractivity contribution in [2.75, 3.05) is 16.8 Å². The van der Waals surface area contributed by atoms with E-state index in [0.717, 1.165) is 16.7 Å². The SMILES string of the molecule is Cc1cccc(NC(=O)c2cccc(N3C[C@@H](C(=O)NCc4ccccc4C)CC3=O)c2)c1. The van der Waals surface area contributed by atoms with Crippen LogP contribution in [0.5, 0.6) is 0 Å². The van der Waals surface area contributed by atoms with Crippen molar-refractivity contribution < 1.29 is 14.4 Å². The molecule has 168 valence electrons. The Bertz CT molecular complexity index is 1200. The van der Waals surface area contributed by atoms with Gasteiger partial charge in [-0.2, -0.15) is 0 Å². The summed E-state index contributed by atoms with van der Waals surface area (Å²) >= 11 is 0. The van der Waals surface area contributed by atoms with Gasteiger partial charge in [0.15, 0.2) is 0 Å². The second kappa shape index (κ2) is 9.69. The van der Waals surface area contributed by atoms with Gasteiger partial charge in [0.05, 0.1) is 5.92 Å². The molecule has 0 radical (unpaired) electrons. The monoisotopic (exact) mass is 441 g/mol. The van der Waals surface area contributed by atoms with Crippen LogP contribution in [0.4, 0.5) is 11.4 Å². The maximum absolute atomic E-state index is 12.7. The van der Waals surface area contributed by atoms with E-state index in [1.165, 1.54) is 0 Å². The lowest BCUT2D eigenvalue weighted by Crippen LogP contribution is -2.32. The van der Waals surface area contributed by atoms with Crippen LogP contribution in [0, 0.1) is 19.8 Å². The number of nitrogens with one attached hydrogen (secondary N) is 2. The number of anilines is 2. The van der Waals surface area contributed by atoms with Gasteiger partial charge in [-0.15, -0.1) is 0 Å². The number of hydrogen-bond acceptors (Lipinski definition) is 3. The summed E-state index contributed by atoms with van der Waals surface area (Å²) in [6.45, 7) is 4.69. The number of carbonyl (C=O) groups is 3. The molecular weight excluding hydrogens is 414 g/mol. The van der Waals surface area contributed by atoms with Crippen molar-refractivity contribution in [2.24, 2.45) is 5.92 Å². The second-order valence-corrected chi connectivity index (χ2v) is 8.42. The molecule has 3 amide bonds. The molecule has 2 N–H and O–H groups in total. The molecule has 1 aliphatic rings. The third kappa shape index (κ3) is 5.29. The number of hydrogen-bond donors (Lipinski definition) is 2. The minimum absolute atomic E-state index is 0.123. The van der Waals surface area contributed by atoms with Crippen molar-refractivity contribution in [3.8, 4) is 0 Å². The standard InChI is InChI=1S/C27H27N3O3/c1-18-7-5-11-23(13-18)29-27(33)20-10-6-12-24(14-20)30-17-22(15-25(30)31)26(32)28-16-21-9-4-3-8-19(21)2/h3-14,22H,15-17H2,1-2H3,(H,28,32)(H,29,33)/t22-/m0/s1. The van der Waals surface area contributed by atoms with Crippen molar-refractivity contribution >= 4 is 29.1 Å². The van der Waals surface area contributed by atoms with Crippen LogP contribution >= 0.6 is 0 Å². The number of carbonyl (C=O) groups excluding carboxylic acids is 3. The van der Waals surface area contributed by atoms with E-state index in [4.69, 9.17) is 0 Å². The molecule has 6 nitrogen and oxygen atoms in total. The maximum Gasteiger partial charge on any atom is 0.255 e. The van der Waals surface area contributed by atoms with Crippen molar-refractivity contribution in [1.29, 1.82) is 0 Å². The fraction of sp³-hybridized carbons (Fsp3) is 0.222. The Hall–Kier alpha value is -3.93. The van der Waals surface area contributed by atoms with Crippen LogP contribution in [-0.4, -0.2) is 24.3 Å². The molecule has 0 aromatic heterocycles. The Morgan fingerprint density at radius 2 is 1.76 bits per heavy atom. The van der Waals surface area contributed by atoms with E-state index in [1.807, 2.05) is 62.4 Å². The van der Waals surface area contributed by atoms with Gasteiger partial charge in [-0.3, -0.25) is 14.4 Å². The third-order valence-corrected chi connectivity index (χ3v) is 5.91. The molecule has 0 saturated carbocycles. The molecule has 0 unspecified atom stereocenters. The van der Waals surface area contributed by atoms with Gasteiger partial charge in [0.2, 0.25) is 11.8 Å². The smallest absolute Gasteiger partial charge is 0.255 e. The molecule has 0 spiro atoms. The lowest BCUT2D eigenvalue weighted by atomic mass is 10.1. The molecule has 1 heterocycles. The maximum atomic E-state index is 12.7. The molecule has 1 fully saturated rings. The van der Waals surface area contributed by atoms with E-state index in [0.29, 0.717) is 30.0 Å². The number of rotatable bonds is 6. The van der Waals surface area contributed by atoms with Gasteiger partial charge in [0.25, 0.3) is 5.91 Å². The molecule has 0 bridgehead atoms. The zero-order chi connectivity index (χ0) is 23.4. The molecule has 1 saturated heterocycles. The first kappa shape index (κ1) is 22.3. The summed E-state index contributed by atoms with van der Waals surface area (Å²) < 4.78 is 0. The van der Waals surface area contributed by atoms with Crippen LogP contribution in [0.2, 0.25) is 0 Å². The Morgan fingerprint density at radius 1 is 0.970 bits per heavy atom. The molecular formula is C27H27N3O3. The Morgan fingerprint density at radius 3 is 2.55 bits per heavy atom. The minimum Gasteiger partial charge on any atom is -0.352 e. The van der Waals surface area contributed by atoms with E-state index >= 15 is 0 Å². The third-order valence-electron chi connectivity index (χ3n) is 5.91. The fourth-order valence-corrected chi connectivity index (χ4v) is 4.01. The van der Waals surface area contributed by atoms with Crippen LogP contribution in [0.1, 0.15) is 33.5 Å². The highest BCUT2D eigenvalue weighted by atomic mass is 16.2. The first-order valence-corrected chi connectivity index (χ1v) is 11.0. The molecule has 1 aliphatic heterocycles. The lowest BCUT2D eigenvalue weighted by molar-refractivity contribution is -0.126. The summed E-state index contributed by atoms with van der Waals surface area (Å²) in [6.07, 6.45) is 0.152. The number of amides is 3. The van der Waals surface area contributed by atoms with Gasteiger partial charge in [-0.1, -0.05) is 42.5 Å². The van der Waals surface area contributed by atoms with Crippen molar-refractivity contribution in [3.63, 3.8) is 0 Å². The van der Waals surface area contributed by atoms with Crippen LogP contribution < -0.4 is 15.5 Å². The molecule has 3 aromatic carbocycles. The first-order valence-electron chi connectivity index (χ1n) is 11.0. The molecule has 3 aromatic rings. The molecule has 6 heteroatoms. The molecule has 4 rings (SSSR count). The summed E-state index contributed by atoms with van der Waals surface area (Å²) in [6, 6.07) is 22.4. The summed E-state index contributed by atoms with van der Waals surface area (Å²) in [5, 5.41) is 5.84. The van der Waals surface area contributed by atoms with Crippen LogP contribution in [0.3, 0.4) is 0 Å². The predicted molar refractivity (Wildman–Crippen MR) is 129 cm³/mol. The summed E-state index contributed by atoms with van der Waals surface area (Å²) in [5.74, 6) is -0.933. The van der Waals surface area contributed by atoms with Crippen LogP contribution in [0.15, 0.2) is 72.8 Å². The van der Waals surface area contributed by atoms with E-state index in [2.05, 4.69) is 10.6 Å². The Labute approximate surface area is 193 Å². The van der Waals surface area contributed by atoms with Crippen molar-refractivity contribution in [3.05, 3.63) is 95.1 Å². The average molecular weight is 442 g/mol. The summed E-state index contributed by atoms with van der Waals surface area (Å²) in [7, 11) is 0. The topological polar surface area (TPSA) is 78.5 Å². The van der Waals surface area contributed by atoms with Crippen LogP contribution in [-0.2, 0) is 16.1 Å². The van der Waals surface area contributed by atoms with Crippen molar-refractivity contribution in [2.45, 2.75) is 26.8 Å². The quantitative estimate of drug-likeness (QED) is 0.601. The Balaban J connectivity index is 1.41. The van der Waals surface area contributed by atoms with E-state index in [1.54, 1.807) is 29.2 Å². The van der Waals surface area contributed by atoms with Crippen molar-refractivity contribution in [1.82, 2.24) is 5.32 Å². The highest BCUT2D eigenvalue weighted by Gasteiger charge is 2.35. The fourth-order valence-electron chi connectivity index (χ4n) is 4.01. The van der Waals surface area contributed by atoms with E-state index < -0.39 is 5.92 Å². The molecule has 1 atom stereocenters. The summed E-state index contributed by atoms with van der Waals surface area (Å²) in [5.41, 5.74) is 5.01. The minimum atomic E-state index is -0.425. The average Bonchev–Trinajstić information content (AvgIpc) is 3.20. The highest BCUT2D eigenvalue weighted by Crippen LogP contribution is 2.26. The van der Waals surface area contributed by atoms with Gasteiger partial charge >= 0.3 is 0 Å². The van der Waals surface area contributed by atoms with Gasteiger partial charge in [0, 0.05) is 36.4 Å². The van der Waals surface area contributed by atoms with E-state index in [-0.39, 0.29) is 24.1 Å². The highest BCUT2D eigenvalue weighted by molar-refractivity contribution is 6.06. The van der Waals surface area contributed by atoms with Gasteiger partial charge in [-0.25, -0.2) is 0 Å². The molecule has 0 aliphatic carbocycles. The van der Waals surface area contributed by atoms with Gasteiger partial charge < -0.3 is 15.5 Å². The Kier molecular flexibility index (Phi) is 6.54. The zero-order valence-corrected chi connectivity index (χ0v) is 18.8. The van der Waals surface area contributed by atoms with Gasteiger partial charge in [0.1, 0.15) is 0 Å². The lowest BCUT2D eigenvalue weighted by Gasteiger charge is -2.18. The predicted octanol–water partition coefficient (Wildman–Crippen LogP) is 4.23. The summed E-state index contributed by atoms with van der Waals surface area (Å²) in [4.78, 5) is 39.7. The number of benzene rings is 3. The van der Waals surface area contributed by atoms with Crippen LogP contribution in [0.25, 0.3) is 0 Å². The van der Waals surface area contributed by atoms with E-state index in [9.17, 15) is 14.4 Å². The van der Waals surface area contributed by atoms with Gasteiger partial charge in [-0.05, 0) is 60.9 Å². The zero-order valence-electron chi connectivity index (χ0n) is 18.8.